The number of hydrogen-bond acceptors (Lipinski definition) is 1. The van der Waals surface area contributed by atoms with Gasteiger partial charge >= 0.3 is 0 Å². The molecule has 21 heavy (non-hydrogen) atoms. The SMILES string of the molecule is CC(NC(=O)c1c(F)cccc1Br)c1c(F)cccc1F. The second kappa shape index (κ2) is 6.30. The largest absolute Gasteiger partial charge is 0.345 e. The summed E-state index contributed by atoms with van der Waals surface area (Å²) in [6, 6.07) is 6.57. The highest BCUT2D eigenvalue weighted by atomic mass is 79.9. The fourth-order valence-corrected chi connectivity index (χ4v) is 2.50. The second-order valence-electron chi connectivity index (χ2n) is 4.43. The van der Waals surface area contributed by atoms with Crippen LogP contribution < -0.4 is 5.32 Å². The Morgan fingerprint density at radius 3 is 2.14 bits per heavy atom. The van der Waals surface area contributed by atoms with Gasteiger partial charge < -0.3 is 5.32 Å². The number of benzene rings is 2. The molecule has 0 saturated heterocycles. The molecular formula is C15H11BrF3NO. The predicted octanol–water partition coefficient (Wildman–Crippen LogP) is 4.36. The van der Waals surface area contributed by atoms with Gasteiger partial charge in [-0.1, -0.05) is 12.1 Å². The van der Waals surface area contributed by atoms with Crippen molar-refractivity contribution in [1.82, 2.24) is 5.32 Å². The summed E-state index contributed by atoms with van der Waals surface area (Å²) in [5, 5.41) is 2.39. The van der Waals surface area contributed by atoms with E-state index in [9.17, 15) is 18.0 Å². The average Bonchev–Trinajstić information content (AvgIpc) is 2.38. The summed E-state index contributed by atoms with van der Waals surface area (Å²) >= 11 is 3.07. The molecule has 0 aromatic heterocycles. The van der Waals surface area contributed by atoms with Crippen LogP contribution >= 0.6 is 15.9 Å². The van der Waals surface area contributed by atoms with E-state index in [1.54, 1.807) is 0 Å². The topological polar surface area (TPSA) is 29.1 Å². The zero-order valence-corrected chi connectivity index (χ0v) is 12.5. The van der Waals surface area contributed by atoms with E-state index in [2.05, 4.69) is 21.2 Å². The van der Waals surface area contributed by atoms with Crippen LogP contribution in [0, 0.1) is 17.5 Å². The van der Waals surface area contributed by atoms with E-state index in [0.29, 0.717) is 0 Å². The van der Waals surface area contributed by atoms with Crippen LogP contribution in [0.5, 0.6) is 0 Å². The molecule has 6 heteroatoms. The first-order chi connectivity index (χ1) is 9.91. The molecule has 0 radical (unpaired) electrons. The zero-order valence-electron chi connectivity index (χ0n) is 11.0. The lowest BCUT2D eigenvalue weighted by Gasteiger charge is -2.16. The van der Waals surface area contributed by atoms with Gasteiger partial charge in [-0.3, -0.25) is 4.79 Å². The van der Waals surface area contributed by atoms with Crippen molar-refractivity contribution in [2.45, 2.75) is 13.0 Å². The van der Waals surface area contributed by atoms with Crippen LogP contribution in [0.1, 0.15) is 28.9 Å². The fraction of sp³-hybridized carbons (Fsp3) is 0.133. The number of rotatable bonds is 3. The molecule has 0 heterocycles. The summed E-state index contributed by atoms with van der Waals surface area (Å²) in [7, 11) is 0. The molecule has 2 aromatic carbocycles. The lowest BCUT2D eigenvalue weighted by atomic mass is 10.1. The highest BCUT2D eigenvalue weighted by Crippen LogP contribution is 2.23. The summed E-state index contributed by atoms with van der Waals surface area (Å²) in [6.45, 7) is 1.42. The van der Waals surface area contributed by atoms with E-state index in [1.807, 2.05) is 0 Å². The Hall–Kier alpha value is -1.82. The molecule has 2 rings (SSSR count). The molecule has 1 atom stereocenters. The van der Waals surface area contributed by atoms with Gasteiger partial charge in [0, 0.05) is 10.0 Å². The Morgan fingerprint density at radius 2 is 1.57 bits per heavy atom. The minimum Gasteiger partial charge on any atom is -0.345 e. The normalized spacial score (nSPS) is 12.0. The lowest BCUT2D eigenvalue weighted by molar-refractivity contribution is 0.0934. The molecule has 2 nitrogen and oxygen atoms in total. The molecule has 110 valence electrons. The zero-order chi connectivity index (χ0) is 15.6. The molecule has 1 unspecified atom stereocenters. The van der Waals surface area contributed by atoms with E-state index in [-0.39, 0.29) is 15.6 Å². The van der Waals surface area contributed by atoms with Gasteiger partial charge in [0.15, 0.2) is 0 Å². The van der Waals surface area contributed by atoms with Gasteiger partial charge in [-0.25, -0.2) is 13.2 Å². The molecule has 1 amide bonds. The summed E-state index contributed by atoms with van der Waals surface area (Å²) in [5.41, 5.74) is -0.473. The van der Waals surface area contributed by atoms with Gasteiger partial charge in [0.25, 0.3) is 5.91 Å². The van der Waals surface area contributed by atoms with Crippen LogP contribution in [0.2, 0.25) is 0 Å². The third kappa shape index (κ3) is 3.26. The first-order valence-electron chi connectivity index (χ1n) is 6.10. The Labute approximate surface area is 128 Å². The molecule has 0 saturated carbocycles. The van der Waals surface area contributed by atoms with Gasteiger partial charge in [0.2, 0.25) is 0 Å². The number of nitrogens with one attached hydrogen (secondary N) is 1. The highest BCUT2D eigenvalue weighted by molar-refractivity contribution is 9.10. The third-order valence-corrected chi connectivity index (χ3v) is 3.63. The number of carbonyl (C=O) groups is 1. The monoisotopic (exact) mass is 357 g/mol. The first kappa shape index (κ1) is 15.6. The van der Waals surface area contributed by atoms with Crippen molar-refractivity contribution in [3.05, 3.63) is 69.4 Å². The fourth-order valence-electron chi connectivity index (χ4n) is 1.98. The van der Waals surface area contributed by atoms with Crippen molar-refractivity contribution in [2.75, 3.05) is 0 Å². The number of amides is 1. The molecule has 0 bridgehead atoms. The predicted molar refractivity (Wildman–Crippen MR) is 76.3 cm³/mol. The maximum Gasteiger partial charge on any atom is 0.255 e. The standard InChI is InChI=1S/C15H11BrF3NO/c1-8(13-10(17)6-3-7-11(13)18)20-15(21)14-9(16)4-2-5-12(14)19/h2-8H,1H3,(H,20,21). The smallest absolute Gasteiger partial charge is 0.255 e. The molecule has 0 aliphatic heterocycles. The third-order valence-electron chi connectivity index (χ3n) is 2.97. The maximum absolute atomic E-state index is 13.7. The van der Waals surface area contributed by atoms with E-state index in [1.165, 1.54) is 25.1 Å². The first-order valence-corrected chi connectivity index (χ1v) is 6.90. The van der Waals surface area contributed by atoms with E-state index in [0.717, 1.165) is 18.2 Å². The van der Waals surface area contributed by atoms with Gasteiger partial charge in [-0.05, 0) is 47.1 Å². The number of halogens is 4. The summed E-state index contributed by atoms with van der Waals surface area (Å²) in [5.74, 6) is -3.01. The van der Waals surface area contributed by atoms with Gasteiger partial charge in [-0.15, -0.1) is 0 Å². The average molecular weight is 358 g/mol. The van der Waals surface area contributed by atoms with Crippen LogP contribution in [0.3, 0.4) is 0 Å². The van der Waals surface area contributed by atoms with Crippen molar-refractivity contribution >= 4 is 21.8 Å². The van der Waals surface area contributed by atoms with E-state index < -0.39 is 29.4 Å². The number of hydrogen-bond donors (Lipinski definition) is 1. The minimum atomic E-state index is -0.940. The van der Waals surface area contributed by atoms with Crippen molar-refractivity contribution in [3.63, 3.8) is 0 Å². The van der Waals surface area contributed by atoms with Crippen LogP contribution in [0.4, 0.5) is 13.2 Å². The Balaban J connectivity index is 2.28. The minimum absolute atomic E-state index is 0.207. The van der Waals surface area contributed by atoms with Gasteiger partial charge in [-0.2, -0.15) is 0 Å². The van der Waals surface area contributed by atoms with Gasteiger partial charge in [0.1, 0.15) is 17.5 Å². The molecule has 2 aromatic rings. The molecule has 0 fully saturated rings. The van der Waals surface area contributed by atoms with Crippen LogP contribution in [-0.2, 0) is 0 Å². The molecule has 0 aliphatic carbocycles. The Bertz CT molecular complexity index is 650. The quantitative estimate of drug-likeness (QED) is 0.868. The molecular weight excluding hydrogens is 347 g/mol. The van der Waals surface area contributed by atoms with Crippen molar-refractivity contribution in [3.8, 4) is 0 Å². The molecule has 1 N–H and O–H groups in total. The summed E-state index contributed by atoms with van der Waals surface area (Å²) < 4.78 is 41.2. The van der Waals surface area contributed by atoms with Crippen LogP contribution in [0.25, 0.3) is 0 Å². The van der Waals surface area contributed by atoms with Crippen molar-refractivity contribution in [2.24, 2.45) is 0 Å². The van der Waals surface area contributed by atoms with Crippen molar-refractivity contribution < 1.29 is 18.0 Å². The van der Waals surface area contributed by atoms with E-state index >= 15 is 0 Å². The molecule has 0 aliphatic rings. The van der Waals surface area contributed by atoms with Crippen LogP contribution in [0.15, 0.2) is 40.9 Å². The lowest BCUT2D eigenvalue weighted by Crippen LogP contribution is -2.29. The van der Waals surface area contributed by atoms with Crippen LogP contribution in [-0.4, -0.2) is 5.91 Å². The highest BCUT2D eigenvalue weighted by Gasteiger charge is 2.21. The van der Waals surface area contributed by atoms with E-state index in [4.69, 9.17) is 0 Å². The molecule has 0 spiro atoms. The second-order valence-corrected chi connectivity index (χ2v) is 5.28. The van der Waals surface area contributed by atoms with Gasteiger partial charge in [0.05, 0.1) is 11.6 Å². The number of carbonyl (C=O) groups excluding carboxylic acids is 1. The summed E-state index contributed by atoms with van der Waals surface area (Å²) in [6.07, 6.45) is 0. The Kier molecular flexibility index (Phi) is 4.67. The van der Waals surface area contributed by atoms with Crippen molar-refractivity contribution in [1.29, 1.82) is 0 Å². The Morgan fingerprint density at radius 1 is 1.05 bits per heavy atom. The summed E-state index contributed by atoms with van der Waals surface area (Å²) in [4.78, 5) is 12.1. The maximum atomic E-state index is 13.7.